The van der Waals surface area contributed by atoms with Crippen LogP contribution in [0.4, 0.5) is 0 Å². The zero-order valence-electron chi connectivity index (χ0n) is 11.2. The lowest BCUT2D eigenvalue weighted by atomic mass is 10.1. The summed E-state index contributed by atoms with van der Waals surface area (Å²) in [6.45, 7) is 0.502. The molecule has 4 heteroatoms. The van der Waals surface area contributed by atoms with Crippen LogP contribution in [0.5, 0.6) is 0 Å². The second kappa shape index (κ2) is 8.05. The van der Waals surface area contributed by atoms with Gasteiger partial charge in [0.05, 0.1) is 6.54 Å². The van der Waals surface area contributed by atoms with Gasteiger partial charge in [0.1, 0.15) is 0 Å². The van der Waals surface area contributed by atoms with Crippen molar-refractivity contribution < 1.29 is 4.79 Å². The van der Waals surface area contributed by atoms with Crippen molar-refractivity contribution in [3.63, 3.8) is 0 Å². The van der Waals surface area contributed by atoms with Crippen LogP contribution in [0, 0.1) is 0 Å². The zero-order chi connectivity index (χ0) is 12.6. The van der Waals surface area contributed by atoms with Crippen molar-refractivity contribution in [3.05, 3.63) is 0 Å². The highest BCUT2D eigenvalue weighted by Gasteiger charge is 2.17. The second-order valence-corrected chi connectivity index (χ2v) is 6.70. The number of nitrogens with one attached hydrogen (secondary N) is 2. The molecule has 0 radical (unpaired) electrons. The lowest BCUT2D eigenvalue weighted by molar-refractivity contribution is -0.121. The SMILES string of the molecule is O=C(CNC1CCCSC1)NC1CCCCCC1. The minimum atomic E-state index is 0.192. The quantitative estimate of drug-likeness (QED) is 0.770. The summed E-state index contributed by atoms with van der Waals surface area (Å²) in [6, 6.07) is 0.978. The highest BCUT2D eigenvalue weighted by Crippen LogP contribution is 2.18. The maximum atomic E-state index is 11.9. The third-order valence-electron chi connectivity index (χ3n) is 3.93. The summed E-state index contributed by atoms with van der Waals surface area (Å²) in [7, 11) is 0. The van der Waals surface area contributed by atoms with Gasteiger partial charge in [0.25, 0.3) is 0 Å². The van der Waals surface area contributed by atoms with E-state index in [1.54, 1.807) is 0 Å². The molecule has 2 fully saturated rings. The summed E-state index contributed by atoms with van der Waals surface area (Å²) in [6.07, 6.45) is 10.1. The summed E-state index contributed by atoms with van der Waals surface area (Å²) < 4.78 is 0. The molecule has 1 aliphatic carbocycles. The summed E-state index contributed by atoms with van der Waals surface area (Å²) in [5, 5.41) is 6.58. The number of thioether (sulfide) groups is 1. The van der Waals surface area contributed by atoms with Gasteiger partial charge >= 0.3 is 0 Å². The highest BCUT2D eigenvalue weighted by atomic mass is 32.2. The van der Waals surface area contributed by atoms with E-state index in [1.807, 2.05) is 11.8 Å². The van der Waals surface area contributed by atoms with E-state index >= 15 is 0 Å². The summed E-state index contributed by atoms with van der Waals surface area (Å²) in [5.74, 6) is 2.64. The summed E-state index contributed by atoms with van der Waals surface area (Å²) in [4.78, 5) is 11.9. The van der Waals surface area contributed by atoms with Crippen molar-refractivity contribution in [2.24, 2.45) is 0 Å². The van der Waals surface area contributed by atoms with E-state index in [-0.39, 0.29) is 5.91 Å². The average molecular weight is 270 g/mol. The first-order valence-corrected chi connectivity index (χ1v) is 8.60. The fourth-order valence-corrected chi connectivity index (χ4v) is 3.95. The predicted octanol–water partition coefficient (Wildman–Crippen LogP) is 2.31. The molecule has 0 bridgehead atoms. The Bertz CT molecular complexity index is 246. The first kappa shape index (κ1) is 14.2. The van der Waals surface area contributed by atoms with Gasteiger partial charge < -0.3 is 10.6 Å². The van der Waals surface area contributed by atoms with Crippen LogP contribution in [0.2, 0.25) is 0 Å². The monoisotopic (exact) mass is 270 g/mol. The molecule has 0 aromatic rings. The van der Waals surface area contributed by atoms with Gasteiger partial charge in [-0.15, -0.1) is 0 Å². The normalized spacial score (nSPS) is 26.6. The topological polar surface area (TPSA) is 41.1 Å². The van der Waals surface area contributed by atoms with E-state index in [1.165, 1.54) is 57.1 Å². The Morgan fingerprint density at radius 3 is 2.39 bits per heavy atom. The van der Waals surface area contributed by atoms with Crippen molar-refractivity contribution in [2.45, 2.75) is 63.5 Å². The van der Waals surface area contributed by atoms with Crippen LogP contribution in [0.15, 0.2) is 0 Å². The number of rotatable bonds is 4. The Morgan fingerprint density at radius 1 is 1.00 bits per heavy atom. The molecule has 2 aliphatic rings. The lowest BCUT2D eigenvalue weighted by Gasteiger charge is -2.23. The molecule has 0 aromatic heterocycles. The van der Waals surface area contributed by atoms with Gasteiger partial charge in [0.15, 0.2) is 0 Å². The Hall–Kier alpha value is -0.220. The molecule has 0 aromatic carbocycles. The molecule has 0 spiro atoms. The Balaban J connectivity index is 1.61. The second-order valence-electron chi connectivity index (χ2n) is 5.55. The minimum Gasteiger partial charge on any atom is -0.352 e. The molecule has 18 heavy (non-hydrogen) atoms. The summed E-state index contributed by atoms with van der Waals surface area (Å²) in [5.41, 5.74) is 0. The molecular formula is C14H26N2OS. The largest absolute Gasteiger partial charge is 0.352 e. The van der Waals surface area contributed by atoms with E-state index in [4.69, 9.17) is 0 Å². The van der Waals surface area contributed by atoms with Crippen LogP contribution < -0.4 is 10.6 Å². The number of hydrogen-bond acceptors (Lipinski definition) is 3. The van der Waals surface area contributed by atoms with E-state index in [0.29, 0.717) is 18.6 Å². The Morgan fingerprint density at radius 2 is 1.72 bits per heavy atom. The van der Waals surface area contributed by atoms with Crippen LogP contribution in [0.3, 0.4) is 0 Å². The molecule has 1 saturated heterocycles. The van der Waals surface area contributed by atoms with Crippen molar-refractivity contribution >= 4 is 17.7 Å². The van der Waals surface area contributed by atoms with Crippen molar-refractivity contribution in [1.29, 1.82) is 0 Å². The van der Waals surface area contributed by atoms with Crippen LogP contribution in [0.1, 0.15) is 51.4 Å². The van der Waals surface area contributed by atoms with E-state index in [2.05, 4.69) is 10.6 Å². The lowest BCUT2D eigenvalue weighted by Crippen LogP contribution is -2.44. The van der Waals surface area contributed by atoms with Gasteiger partial charge in [-0.25, -0.2) is 0 Å². The molecule has 1 unspecified atom stereocenters. The van der Waals surface area contributed by atoms with E-state index < -0.39 is 0 Å². The molecule has 3 nitrogen and oxygen atoms in total. The summed E-state index contributed by atoms with van der Waals surface area (Å²) >= 11 is 2.00. The van der Waals surface area contributed by atoms with Gasteiger partial charge in [-0.05, 0) is 31.4 Å². The standard InChI is InChI=1S/C14H26N2OS/c17-14(10-15-13-8-5-9-18-11-13)16-12-6-3-1-2-4-7-12/h12-13,15H,1-11H2,(H,16,17). The van der Waals surface area contributed by atoms with E-state index in [9.17, 15) is 4.79 Å². The fraction of sp³-hybridized carbons (Fsp3) is 0.929. The number of carbonyl (C=O) groups is 1. The van der Waals surface area contributed by atoms with E-state index in [0.717, 1.165) is 5.75 Å². The van der Waals surface area contributed by atoms with Gasteiger partial charge in [-0.3, -0.25) is 4.79 Å². The predicted molar refractivity (Wildman–Crippen MR) is 78.0 cm³/mol. The minimum absolute atomic E-state index is 0.192. The van der Waals surface area contributed by atoms with Gasteiger partial charge in [-0.2, -0.15) is 11.8 Å². The molecular weight excluding hydrogens is 244 g/mol. The van der Waals surface area contributed by atoms with Crippen molar-refractivity contribution in [2.75, 3.05) is 18.1 Å². The molecule has 2 rings (SSSR count). The van der Waals surface area contributed by atoms with Crippen LogP contribution in [-0.4, -0.2) is 36.0 Å². The van der Waals surface area contributed by atoms with Crippen molar-refractivity contribution in [3.8, 4) is 0 Å². The van der Waals surface area contributed by atoms with Gasteiger partial charge in [0.2, 0.25) is 5.91 Å². The smallest absolute Gasteiger partial charge is 0.234 e. The molecule has 1 atom stereocenters. The maximum absolute atomic E-state index is 11.9. The van der Waals surface area contributed by atoms with Crippen molar-refractivity contribution in [1.82, 2.24) is 10.6 Å². The number of carbonyl (C=O) groups excluding carboxylic acids is 1. The fourth-order valence-electron chi connectivity index (χ4n) is 2.84. The first-order chi connectivity index (χ1) is 8.84. The number of amides is 1. The maximum Gasteiger partial charge on any atom is 0.234 e. The average Bonchev–Trinajstić information content (AvgIpc) is 2.66. The van der Waals surface area contributed by atoms with Gasteiger partial charge in [0, 0.05) is 17.8 Å². The molecule has 2 N–H and O–H groups in total. The molecule has 1 saturated carbocycles. The first-order valence-electron chi connectivity index (χ1n) is 7.45. The third kappa shape index (κ3) is 5.19. The Kier molecular flexibility index (Phi) is 6.35. The van der Waals surface area contributed by atoms with Gasteiger partial charge in [-0.1, -0.05) is 25.7 Å². The highest BCUT2D eigenvalue weighted by molar-refractivity contribution is 7.99. The Labute approximate surface area is 115 Å². The molecule has 1 heterocycles. The molecule has 1 aliphatic heterocycles. The zero-order valence-corrected chi connectivity index (χ0v) is 12.1. The third-order valence-corrected chi connectivity index (χ3v) is 5.15. The molecule has 104 valence electrons. The molecule has 1 amide bonds. The van der Waals surface area contributed by atoms with Crippen LogP contribution >= 0.6 is 11.8 Å². The number of hydrogen-bond donors (Lipinski definition) is 2. The van der Waals surface area contributed by atoms with Crippen LogP contribution in [0.25, 0.3) is 0 Å². The van der Waals surface area contributed by atoms with Crippen LogP contribution in [-0.2, 0) is 4.79 Å².